The molecule has 3 N–H and O–H groups in total. The molecule has 0 saturated carbocycles. The molecule has 1 atom stereocenters. The number of ether oxygens (including phenoxy) is 1. The van der Waals surface area contributed by atoms with Crippen molar-refractivity contribution in [1.29, 1.82) is 0 Å². The number of phenols is 1. The van der Waals surface area contributed by atoms with Crippen LogP contribution in [-0.2, 0) is 4.79 Å². The Bertz CT molecular complexity index is 703. The Kier molecular flexibility index (Phi) is 5.43. The maximum atomic E-state index is 11.9. The van der Waals surface area contributed by atoms with Gasteiger partial charge in [-0.1, -0.05) is 17.7 Å². The Hall–Kier alpha value is -2.73. The number of nitrogens with one attached hydrogen (secondary N) is 2. The van der Waals surface area contributed by atoms with Gasteiger partial charge in [-0.15, -0.1) is 0 Å². The average Bonchev–Trinajstić information content (AvgIpc) is 2.54. The maximum Gasteiger partial charge on any atom is 0.279 e. The number of hydrazine groups is 1. The zero-order chi connectivity index (χ0) is 16.8. The highest BCUT2D eigenvalue weighted by Gasteiger charge is 2.16. The molecule has 0 radical (unpaired) electrons. The number of halogens is 1. The molecule has 0 fully saturated rings. The van der Waals surface area contributed by atoms with E-state index < -0.39 is 17.9 Å². The van der Waals surface area contributed by atoms with Gasteiger partial charge in [-0.2, -0.15) is 0 Å². The number of aromatic hydroxyl groups is 1. The molecule has 0 unspecified atom stereocenters. The Morgan fingerprint density at radius 2 is 1.83 bits per heavy atom. The Balaban J connectivity index is 1.86. The standard InChI is InChI=1S/C16H15ClN2O4/c1-10(23-14-7-5-12(17)6-8-14)15(21)18-19-16(22)11-3-2-4-13(20)9-11/h2-10,20H,1H3,(H,18,21)(H,19,22)/t10-/m0/s1. The molecule has 0 aliphatic heterocycles. The van der Waals surface area contributed by atoms with Crippen molar-refractivity contribution in [3.8, 4) is 11.5 Å². The molecular weight excluding hydrogens is 320 g/mol. The second-order valence-corrected chi connectivity index (χ2v) is 5.14. The maximum absolute atomic E-state index is 11.9. The quantitative estimate of drug-likeness (QED) is 0.748. The topological polar surface area (TPSA) is 87.7 Å². The van der Waals surface area contributed by atoms with Crippen molar-refractivity contribution in [3.63, 3.8) is 0 Å². The summed E-state index contributed by atoms with van der Waals surface area (Å²) in [6.07, 6.45) is -0.819. The third kappa shape index (κ3) is 4.89. The first-order valence-corrected chi connectivity index (χ1v) is 7.15. The minimum Gasteiger partial charge on any atom is -0.508 e. The summed E-state index contributed by atoms with van der Waals surface area (Å²) in [5, 5.41) is 9.88. The fourth-order valence-electron chi connectivity index (χ4n) is 1.71. The number of hydrogen-bond acceptors (Lipinski definition) is 4. The lowest BCUT2D eigenvalue weighted by molar-refractivity contribution is -0.128. The van der Waals surface area contributed by atoms with Crippen molar-refractivity contribution in [2.24, 2.45) is 0 Å². The fraction of sp³-hybridized carbons (Fsp3) is 0.125. The van der Waals surface area contributed by atoms with Crippen molar-refractivity contribution in [2.75, 3.05) is 0 Å². The Labute approximate surface area is 138 Å². The molecule has 0 bridgehead atoms. The van der Waals surface area contributed by atoms with Crippen LogP contribution in [0.5, 0.6) is 11.5 Å². The van der Waals surface area contributed by atoms with Crippen molar-refractivity contribution in [2.45, 2.75) is 13.0 Å². The van der Waals surface area contributed by atoms with E-state index in [4.69, 9.17) is 16.3 Å². The molecule has 2 amide bonds. The molecule has 0 spiro atoms. The third-order valence-electron chi connectivity index (χ3n) is 2.90. The van der Waals surface area contributed by atoms with Gasteiger partial charge in [0.2, 0.25) is 0 Å². The molecule has 6 nitrogen and oxygen atoms in total. The Morgan fingerprint density at radius 1 is 1.13 bits per heavy atom. The first-order valence-electron chi connectivity index (χ1n) is 6.77. The number of rotatable bonds is 4. The summed E-state index contributed by atoms with van der Waals surface area (Å²) in [6.45, 7) is 1.55. The zero-order valence-electron chi connectivity index (χ0n) is 12.2. The van der Waals surface area contributed by atoms with E-state index in [1.807, 2.05) is 0 Å². The van der Waals surface area contributed by atoms with E-state index in [9.17, 15) is 14.7 Å². The highest BCUT2D eigenvalue weighted by atomic mass is 35.5. The van der Waals surface area contributed by atoms with E-state index >= 15 is 0 Å². The fourth-order valence-corrected chi connectivity index (χ4v) is 1.84. The number of carbonyl (C=O) groups is 2. The number of hydrogen-bond donors (Lipinski definition) is 3. The number of amides is 2. The summed E-state index contributed by atoms with van der Waals surface area (Å²) in [5.41, 5.74) is 4.73. The lowest BCUT2D eigenvalue weighted by Gasteiger charge is -2.15. The molecule has 0 aliphatic carbocycles. The highest BCUT2D eigenvalue weighted by molar-refractivity contribution is 6.30. The normalized spacial score (nSPS) is 11.4. The Morgan fingerprint density at radius 3 is 2.48 bits per heavy atom. The van der Waals surface area contributed by atoms with Crippen LogP contribution < -0.4 is 15.6 Å². The molecule has 120 valence electrons. The number of carbonyl (C=O) groups excluding carboxylic acids is 2. The van der Waals surface area contributed by atoms with Crippen LogP contribution in [0.4, 0.5) is 0 Å². The molecule has 0 heterocycles. The van der Waals surface area contributed by atoms with Crippen LogP contribution in [0, 0.1) is 0 Å². The van der Waals surface area contributed by atoms with Crippen molar-refractivity contribution in [3.05, 3.63) is 59.1 Å². The second-order valence-electron chi connectivity index (χ2n) is 4.71. The summed E-state index contributed by atoms with van der Waals surface area (Å²) in [4.78, 5) is 23.7. The predicted octanol–water partition coefficient (Wildman–Crippen LogP) is 2.27. The van der Waals surface area contributed by atoms with Gasteiger partial charge in [-0.3, -0.25) is 20.4 Å². The SMILES string of the molecule is C[C@H](Oc1ccc(Cl)cc1)C(=O)NNC(=O)c1cccc(O)c1. The van der Waals surface area contributed by atoms with Gasteiger partial charge in [0.05, 0.1) is 0 Å². The molecule has 0 aromatic heterocycles. The van der Waals surface area contributed by atoms with Gasteiger partial charge in [0, 0.05) is 10.6 Å². The smallest absolute Gasteiger partial charge is 0.279 e. The molecule has 2 rings (SSSR count). The van der Waals surface area contributed by atoms with Crippen LogP contribution in [-0.4, -0.2) is 23.0 Å². The summed E-state index contributed by atoms with van der Waals surface area (Å²) in [7, 11) is 0. The van der Waals surface area contributed by atoms with Gasteiger partial charge in [0.15, 0.2) is 6.10 Å². The minimum absolute atomic E-state index is 0.0385. The summed E-state index contributed by atoms with van der Waals surface area (Å²) in [5.74, 6) is -0.624. The molecule has 7 heteroatoms. The molecule has 0 saturated heterocycles. The van der Waals surface area contributed by atoms with Crippen LogP contribution in [0.1, 0.15) is 17.3 Å². The monoisotopic (exact) mass is 334 g/mol. The van der Waals surface area contributed by atoms with Crippen LogP contribution >= 0.6 is 11.6 Å². The predicted molar refractivity (Wildman–Crippen MR) is 85.3 cm³/mol. The van der Waals surface area contributed by atoms with Crippen molar-refractivity contribution in [1.82, 2.24) is 10.9 Å². The van der Waals surface area contributed by atoms with Crippen LogP contribution in [0.3, 0.4) is 0 Å². The summed E-state index contributed by atoms with van der Waals surface area (Å²) < 4.78 is 5.43. The highest BCUT2D eigenvalue weighted by Crippen LogP contribution is 2.16. The van der Waals surface area contributed by atoms with E-state index in [0.717, 1.165) is 0 Å². The first-order chi connectivity index (χ1) is 11.0. The zero-order valence-corrected chi connectivity index (χ0v) is 13.0. The third-order valence-corrected chi connectivity index (χ3v) is 3.16. The molecule has 23 heavy (non-hydrogen) atoms. The molecule has 2 aromatic rings. The first kappa shape index (κ1) is 16.6. The lowest BCUT2D eigenvalue weighted by atomic mass is 10.2. The molecule has 2 aromatic carbocycles. The number of phenolic OH excluding ortho intramolecular Hbond substituents is 1. The molecular formula is C16H15ClN2O4. The summed E-state index contributed by atoms with van der Waals surface area (Å²) in [6, 6.07) is 12.3. The van der Waals surface area contributed by atoms with Crippen LogP contribution in [0.15, 0.2) is 48.5 Å². The van der Waals surface area contributed by atoms with Gasteiger partial charge < -0.3 is 9.84 Å². The van der Waals surface area contributed by atoms with Crippen molar-refractivity contribution < 1.29 is 19.4 Å². The average molecular weight is 335 g/mol. The van der Waals surface area contributed by atoms with Gasteiger partial charge in [-0.05, 0) is 49.4 Å². The van der Waals surface area contributed by atoms with E-state index in [0.29, 0.717) is 10.8 Å². The van der Waals surface area contributed by atoms with Gasteiger partial charge in [0.25, 0.3) is 11.8 Å². The van der Waals surface area contributed by atoms with Gasteiger partial charge in [0.1, 0.15) is 11.5 Å². The minimum atomic E-state index is -0.819. The van der Waals surface area contributed by atoms with E-state index in [1.165, 1.54) is 24.3 Å². The van der Waals surface area contributed by atoms with E-state index in [2.05, 4.69) is 10.9 Å². The number of benzene rings is 2. The second kappa shape index (κ2) is 7.51. The summed E-state index contributed by atoms with van der Waals surface area (Å²) >= 11 is 5.76. The van der Waals surface area contributed by atoms with Gasteiger partial charge in [-0.25, -0.2) is 0 Å². The molecule has 0 aliphatic rings. The van der Waals surface area contributed by atoms with Crippen LogP contribution in [0.2, 0.25) is 5.02 Å². The van der Waals surface area contributed by atoms with E-state index in [-0.39, 0.29) is 11.3 Å². The lowest BCUT2D eigenvalue weighted by Crippen LogP contribution is -2.47. The van der Waals surface area contributed by atoms with Gasteiger partial charge >= 0.3 is 0 Å². The van der Waals surface area contributed by atoms with Crippen molar-refractivity contribution >= 4 is 23.4 Å². The van der Waals surface area contributed by atoms with E-state index in [1.54, 1.807) is 31.2 Å². The van der Waals surface area contributed by atoms with Crippen LogP contribution in [0.25, 0.3) is 0 Å². The largest absolute Gasteiger partial charge is 0.508 e.